The first-order valence-electron chi connectivity index (χ1n) is 8.68. The monoisotopic (exact) mass is 460 g/mol. The molecule has 0 radical (unpaired) electrons. The van der Waals surface area contributed by atoms with Crippen LogP contribution in [0.5, 0.6) is 5.75 Å². The van der Waals surface area contributed by atoms with E-state index in [1.54, 1.807) is 0 Å². The molecule has 0 spiro atoms. The van der Waals surface area contributed by atoms with Crippen LogP contribution in [0.3, 0.4) is 0 Å². The summed E-state index contributed by atoms with van der Waals surface area (Å²) in [6, 6.07) is 8.00. The molecule has 0 unspecified atom stereocenters. The van der Waals surface area contributed by atoms with Crippen LogP contribution in [-0.4, -0.2) is 44.7 Å². The van der Waals surface area contributed by atoms with Gasteiger partial charge >= 0.3 is 0 Å². The lowest BCUT2D eigenvalue weighted by Gasteiger charge is -2.12. The molecule has 1 aliphatic carbocycles. The number of hydrogen-bond acceptors (Lipinski definition) is 3. The third-order valence-electron chi connectivity index (χ3n) is 3.63. The van der Waals surface area contributed by atoms with Crippen LogP contribution in [0.15, 0.2) is 29.3 Å². The van der Waals surface area contributed by atoms with Gasteiger partial charge in [0.05, 0.1) is 13.1 Å². The first-order chi connectivity index (χ1) is 11.7. The van der Waals surface area contributed by atoms with Gasteiger partial charge < -0.3 is 20.7 Å². The molecule has 2 rings (SSSR count). The number of hydrogen-bond donors (Lipinski definition) is 3. The van der Waals surface area contributed by atoms with Crippen molar-refractivity contribution in [2.45, 2.75) is 26.7 Å². The maximum atomic E-state index is 11.5. The molecule has 7 heteroatoms. The number of guanidine groups is 1. The number of amides is 1. The van der Waals surface area contributed by atoms with Gasteiger partial charge in [0, 0.05) is 19.0 Å². The zero-order chi connectivity index (χ0) is 17.2. The standard InChI is InChI=1S/C18H28N4O2.HI/c1-3-19-18(21-10-9-20-17(23)15-7-8-15)22-11-12-24-16-6-4-5-14(2)13-16;/h4-6,13,15H,3,7-12H2,1-2H3,(H,20,23)(H2,19,21,22);1H. The van der Waals surface area contributed by atoms with Crippen molar-refractivity contribution in [1.29, 1.82) is 0 Å². The molecule has 6 nitrogen and oxygen atoms in total. The van der Waals surface area contributed by atoms with Crippen LogP contribution in [0.1, 0.15) is 25.3 Å². The van der Waals surface area contributed by atoms with Gasteiger partial charge in [-0.15, -0.1) is 24.0 Å². The van der Waals surface area contributed by atoms with E-state index in [1.807, 2.05) is 38.1 Å². The molecule has 0 aromatic heterocycles. The summed E-state index contributed by atoms with van der Waals surface area (Å²) in [5, 5.41) is 9.32. The van der Waals surface area contributed by atoms with Crippen molar-refractivity contribution in [3.8, 4) is 5.75 Å². The summed E-state index contributed by atoms with van der Waals surface area (Å²) in [7, 11) is 0. The number of aliphatic imine (C=N–C) groups is 1. The molecule has 0 atom stereocenters. The fourth-order valence-electron chi connectivity index (χ4n) is 2.22. The van der Waals surface area contributed by atoms with E-state index in [0.717, 1.165) is 31.1 Å². The van der Waals surface area contributed by atoms with Crippen molar-refractivity contribution < 1.29 is 9.53 Å². The van der Waals surface area contributed by atoms with Gasteiger partial charge in [-0.3, -0.25) is 9.79 Å². The second-order valence-corrected chi connectivity index (χ2v) is 5.92. The van der Waals surface area contributed by atoms with Gasteiger partial charge in [0.25, 0.3) is 0 Å². The van der Waals surface area contributed by atoms with Gasteiger partial charge in [-0.2, -0.15) is 0 Å². The van der Waals surface area contributed by atoms with Crippen LogP contribution in [0.2, 0.25) is 0 Å². The number of rotatable bonds is 9. The van der Waals surface area contributed by atoms with E-state index in [9.17, 15) is 4.79 Å². The lowest BCUT2D eigenvalue weighted by Crippen LogP contribution is -2.40. The number of halogens is 1. The fourth-order valence-corrected chi connectivity index (χ4v) is 2.22. The van der Waals surface area contributed by atoms with Gasteiger partial charge in [-0.05, 0) is 44.4 Å². The predicted molar refractivity (Wildman–Crippen MR) is 112 cm³/mol. The minimum atomic E-state index is 0. The Hall–Kier alpha value is -1.51. The molecule has 1 aromatic rings. The summed E-state index contributed by atoms with van der Waals surface area (Å²) in [6.45, 7) is 7.22. The van der Waals surface area contributed by atoms with Crippen molar-refractivity contribution in [1.82, 2.24) is 16.0 Å². The van der Waals surface area contributed by atoms with Crippen LogP contribution in [-0.2, 0) is 4.79 Å². The third kappa shape index (κ3) is 8.94. The van der Waals surface area contributed by atoms with Crippen LogP contribution >= 0.6 is 24.0 Å². The normalized spacial score (nSPS) is 13.6. The molecular formula is C18H29IN4O2. The summed E-state index contributed by atoms with van der Waals surface area (Å²) in [5.74, 6) is 2.03. The molecule has 1 aliphatic rings. The Labute approximate surface area is 167 Å². The van der Waals surface area contributed by atoms with E-state index < -0.39 is 0 Å². The van der Waals surface area contributed by atoms with Crippen molar-refractivity contribution >= 4 is 35.8 Å². The minimum Gasteiger partial charge on any atom is -0.492 e. The Bertz CT molecular complexity index is 562. The first-order valence-corrected chi connectivity index (χ1v) is 8.68. The Morgan fingerprint density at radius 1 is 1.24 bits per heavy atom. The first kappa shape index (κ1) is 21.5. The molecule has 3 N–H and O–H groups in total. The molecule has 0 aliphatic heterocycles. The summed E-state index contributed by atoms with van der Waals surface area (Å²) >= 11 is 0. The van der Waals surface area contributed by atoms with Crippen molar-refractivity contribution in [3.05, 3.63) is 29.8 Å². The Morgan fingerprint density at radius 2 is 2.04 bits per heavy atom. The van der Waals surface area contributed by atoms with Crippen LogP contribution in [0.25, 0.3) is 0 Å². The van der Waals surface area contributed by atoms with E-state index in [2.05, 4.69) is 20.9 Å². The van der Waals surface area contributed by atoms with E-state index in [1.165, 1.54) is 5.56 Å². The molecule has 1 amide bonds. The highest BCUT2D eigenvalue weighted by Gasteiger charge is 2.28. The number of carbonyl (C=O) groups is 1. The van der Waals surface area contributed by atoms with Gasteiger partial charge in [0.1, 0.15) is 12.4 Å². The van der Waals surface area contributed by atoms with Gasteiger partial charge in [-0.1, -0.05) is 12.1 Å². The Morgan fingerprint density at radius 3 is 2.72 bits per heavy atom. The zero-order valence-corrected chi connectivity index (χ0v) is 17.3. The maximum absolute atomic E-state index is 11.5. The summed E-state index contributed by atoms with van der Waals surface area (Å²) in [5.41, 5.74) is 1.18. The lowest BCUT2D eigenvalue weighted by atomic mass is 10.2. The average molecular weight is 460 g/mol. The zero-order valence-electron chi connectivity index (χ0n) is 15.0. The molecule has 25 heavy (non-hydrogen) atoms. The molecule has 0 heterocycles. The second-order valence-electron chi connectivity index (χ2n) is 5.92. The SMILES string of the molecule is CCNC(=NCCNC(=O)C1CC1)NCCOc1cccc(C)c1.I. The molecule has 1 saturated carbocycles. The highest BCUT2D eigenvalue weighted by Crippen LogP contribution is 2.28. The average Bonchev–Trinajstić information content (AvgIpc) is 3.40. The van der Waals surface area contributed by atoms with Crippen molar-refractivity contribution in [3.63, 3.8) is 0 Å². The summed E-state index contributed by atoms with van der Waals surface area (Å²) in [4.78, 5) is 16.0. The summed E-state index contributed by atoms with van der Waals surface area (Å²) < 4.78 is 5.70. The number of benzene rings is 1. The molecule has 0 saturated heterocycles. The van der Waals surface area contributed by atoms with Gasteiger partial charge in [-0.25, -0.2) is 0 Å². The second kappa shape index (κ2) is 11.9. The number of nitrogens with one attached hydrogen (secondary N) is 3. The Balaban J connectivity index is 0.00000312. The number of aryl methyl sites for hydroxylation is 1. The van der Waals surface area contributed by atoms with Crippen molar-refractivity contribution in [2.75, 3.05) is 32.8 Å². The number of carbonyl (C=O) groups excluding carboxylic acids is 1. The van der Waals surface area contributed by atoms with Crippen molar-refractivity contribution in [2.24, 2.45) is 10.9 Å². The van der Waals surface area contributed by atoms with E-state index in [4.69, 9.17) is 4.74 Å². The Kier molecular flexibility index (Phi) is 10.3. The van der Waals surface area contributed by atoms with E-state index in [-0.39, 0.29) is 35.8 Å². The minimum absolute atomic E-state index is 0. The quantitative estimate of drug-likeness (QED) is 0.228. The molecule has 1 aromatic carbocycles. The van der Waals surface area contributed by atoms with Crippen LogP contribution in [0, 0.1) is 12.8 Å². The maximum Gasteiger partial charge on any atom is 0.223 e. The summed E-state index contributed by atoms with van der Waals surface area (Å²) in [6.07, 6.45) is 2.06. The van der Waals surface area contributed by atoms with Crippen LogP contribution < -0.4 is 20.7 Å². The number of ether oxygens (including phenoxy) is 1. The smallest absolute Gasteiger partial charge is 0.223 e. The fraction of sp³-hybridized carbons (Fsp3) is 0.556. The van der Waals surface area contributed by atoms with Gasteiger partial charge in [0.15, 0.2) is 5.96 Å². The predicted octanol–water partition coefficient (Wildman–Crippen LogP) is 2.07. The largest absolute Gasteiger partial charge is 0.492 e. The lowest BCUT2D eigenvalue weighted by molar-refractivity contribution is -0.122. The third-order valence-corrected chi connectivity index (χ3v) is 3.63. The molecular weight excluding hydrogens is 431 g/mol. The highest BCUT2D eigenvalue weighted by molar-refractivity contribution is 14.0. The van der Waals surface area contributed by atoms with E-state index >= 15 is 0 Å². The van der Waals surface area contributed by atoms with Crippen LogP contribution in [0.4, 0.5) is 0 Å². The molecule has 0 bridgehead atoms. The van der Waals surface area contributed by atoms with E-state index in [0.29, 0.717) is 26.2 Å². The molecule has 140 valence electrons. The number of nitrogens with zero attached hydrogens (tertiary/aromatic N) is 1. The molecule has 1 fully saturated rings. The van der Waals surface area contributed by atoms with Gasteiger partial charge in [0.2, 0.25) is 5.91 Å². The highest BCUT2D eigenvalue weighted by atomic mass is 127. The topological polar surface area (TPSA) is 74.8 Å².